The third kappa shape index (κ3) is 6.28. The average Bonchev–Trinajstić information content (AvgIpc) is 3.42. The molecule has 2 N–H and O–H groups in total. The number of hydrogen-bond acceptors (Lipinski definition) is 6. The molecule has 29 heavy (non-hydrogen) atoms. The van der Waals surface area contributed by atoms with Crippen LogP contribution < -0.4 is 5.32 Å². The van der Waals surface area contributed by atoms with Crippen LogP contribution in [0.5, 0.6) is 0 Å². The SMILES string of the molecule is CNC(=O)C1COC2(CN(C(=O)COC)C2)CN1CC1CC1.O=C(O)C(F)(F)F. The Hall–Kier alpha value is -1.92. The van der Waals surface area contributed by atoms with E-state index in [2.05, 4.69) is 10.2 Å². The van der Waals surface area contributed by atoms with Gasteiger partial charge in [-0.2, -0.15) is 13.2 Å². The van der Waals surface area contributed by atoms with Crippen LogP contribution >= 0.6 is 0 Å². The second-order valence-electron chi connectivity index (χ2n) is 7.48. The normalized spacial score (nSPS) is 23.6. The summed E-state index contributed by atoms with van der Waals surface area (Å²) in [4.78, 5) is 36.8. The second kappa shape index (κ2) is 9.26. The molecular formula is C17H26F3N3O6. The molecule has 2 heterocycles. The number of hydrogen-bond donors (Lipinski definition) is 2. The molecule has 2 aliphatic heterocycles. The summed E-state index contributed by atoms with van der Waals surface area (Å²) in [7, 11) is 3.19. The van der Waals surface area contributed by atoms with Crippen LogP contribution in [0.4, 0.5) is 13.2 Å². The Morgan fingerprint density at radius 2 is 1.83 bits per heavy atom. The Bertz CT molecular complexity index is 620. The summed E-state index contributed by atoms with van der Waals surface area (Å²) in [5.41, 5.74) is -0.303. The monoisotopic (exact) mass is 425 g/mol. The molecule has 0 aromatic rings. The van der Waals surface area contributed by atoms with Gasteiger partial charge in [0.25, 0.3) is 0 Å². The molecule has 2 saturated heterocycles. The van der Waals surface area contributed by atoms with Crippen LogP contribution in [0.15, 0.2) is 0 Å². The number of carboxylic acids is 1. The summed E-state index contributed by atoms with van der Waals surface area (Å²) >= 11 is 0. The summed E-state index contributed by atoms with van der Waals surface area (Å²) in [5, 5.41) is 9.85. The number of carboxylic acid groups (broad SMARTS) is 1. The Labute approximate surface area is 166 Å². The minimum absolute atomic E-state index is 0.00103. The minimum atomic E-state index is -5.08. The Balaban J connectivity index is 0.000000370. The molecule has 3 aliphatic rings. The average molecular weight is 425 g/mol. The molecule has 0 aromatic heterocycles. The number of amides is 2. The van der Waals surface area contributed by atoms with E-state index in [4.69, 9.17) is 19.4 Å². The zero-order valence-electron chi connectivity index (χ0n) is 16.3. The molecule has 0 radical (unpaired) electrons. The number of rotatable bonds is 5. The van der Waals surface area contributed by atoms with E-state index in [-0.39, 0.29) is 30.1 Å². The quantitative estimate of drug-likeness (QED) is 0.623. The van der Waals surface area contributed by atoms with Crippen LogP contribution in [0.25, 0.3) is 0 Å². The molecule has 0 aromatic carbocycles. The highest BCUT2D eigenvalue weighted by Gasteiger charge is 2.52. The van der Waals surface area contributed by atoms with Gasteiger partial charge < -0.3 is 24.8 Å². The number of likely N-dealkylation sites (N-methyl/N-ethyl adjacent to an activating group) is 1. The van der Waals surface area contributed by atoms with Gasteiger partial charge in [-0.1, -0.05) is 0 Å². The number of ether oxygens (including phenoxy) is 2. The smallest absolute Gasteiger partial charge is 0.475 e. The van der Waals surface area contributed by atoms with E-state index in [1.54, 1.807) is 11.9 Å². The molecule has 1 aliphatic carbocycles. The summed E-state index contributed by atoms with van der Waals surface area (Å²) in [6.45, 7) is 3.38. The lowest BCUT2D eigenvalue weighted by Crippen LogP contribution is -2.74. The number of aliphatic carboxylic acids is 1. The molecule has 1 spiro atoms. The van der Waals surface area contributed by atoms with E-state index in [0.29, 0.717) is 25.6 Å². The van der Waals surface area contributed by atoms with Crippen LogP contribution in [-0.4, -0.2) is 104 Å². The fraction of sp³-hybridized carbons (Fsp3) is 0.824. The predicted molar refractivity (Wildman–Crippen MR) is 93.0 cm³/mol. The molecule has 3 fully saturated rings. The van der Waals surface area contributed by atoms with Crippen LogP contribution in [0, 0.1) is 5.92 Å². The van der Waals surface area contributed by atoms with Crippen molar-refractivity contribution in [2.45, 2.75) is 30.7 Å². The lowest BCUT2D eigenvalue weighted by Gasteiger charge is -2.55. The van der Waals surface area contributed by atoms with Crippen LogP contribution in [0.2, 0.25) is 0 Å². The van der Waals surface area contributed by atoms with Gasteiger partial charge in [0, 0.05) is 27.2 Å². The van der Waals surface area contributed by atoms with Crippen molar-refractivity contribution in [3.63, 3.8) is 0 Å². The largest absolute Gasteiger partial charge is 0.490 e. The van der Waals surface area contributed by atoms with Gasteiger partial charge in [-0.3, -0.25) is 14.5 Å². The van der Waals surface area contributed by atoms with E-state index in [9.17, 15) is 22.8 Å². The maximum Gasteiger partial charge on any atom is 0.490 e. The highest BCUT2D eigenvalue weighted by atomic mass is 19.4. The number of nitrogens with zero attached hydrogens (tertiary/aromatic N) is 2. The third-order valence-electron chi connectivity index (χ3n) is 5.04. The van der Waals surface area contributed by atoms with Crippen LogP contribution in [0.3, 0.4) is 0 Å². The van der Waals surface area contributed by atoms with Crippen molar-refractivity contribution in [2.24, 2.45) is 5.92 Å². The van der Waals surface area contributed by atoms with Crippen molar-refractivity contribution < 1.29 is 42.1 Å². The van der Waals surface area contributed by atoms with Gasteiger partial charge in [0.2, 0.25) is 11.8 Å². The van der Waals surface area contributed by atoms with E-state index >= 15 is 0 Å². The van der Waals surface area contributed by atoms with Crippen LogP contribution in [-0.2, 0) is 23.9 Å². The maximum atomic E-state index is 12.0. The molecule has 1 atom stereocenters. The predicted octanol–water partition coefficient (Wildman–Crippen LogP) is -0.296. The van der Waals surface area contributed by atoms with Gasteiger partial charge in [0.1, 0.15) is 18.2 Å². The Kier molecular flexibility index (Phi) is 7.46. The molecule has 9 nitrogen and oxygen atoms in total. The van der Waals surface area contributed by atoms with Crippen molar-refractivity contribution >= 4 is 17.8 Å². The number of morpholine rings is 1. The summed E-state index contributed by atoms with van der Waals surface area (Å²) in [6.07, 6.45) is -2.58. The topological polar surface area (TPSA) is 108 Å². The van der Waals surface area contributed by atoms with Gasteiger partial charge in [0.15, 0.2) is 0 Å². The van der Waals surface area contributed by atoms with Gasteiger partial charge in [-0.25, -0.2) is 4.79 Å². The van der Waals surface area contributed by atoms with Gasteiger partial charge in [0.05, 0.1) is 19.7 Å². The van der Waals surface area contributed by atoms with Crippen molar-refractivity contribution in [3.05, 3.63) is 0 Å². The number of alkyl halides is 3. The molecular weight excluding hydrogens is 399 g/mol. The lowest BCUT2D eigenvalue weighted by molar-refractivity contribution is -0.205. The third-order valence-corrected chi connectivity index (χ3v) is 5.04. The second-order valence-corrected chi connectivity index (χ2v) is 7.48. The number of carbonyl (C=O) groups excluding carboxylic acids is 2. The van der Waals surface area contributed by atoms with E-state index in [1.807, 2.05) is 0 Å². The van der Waals surface area contributed by atoms with Crippen molar-refractivity contribution in [1.82, 2.24) is 15.1 Å². The van der Waals surface area contributed by atoms with Crippen molar-refractivity contribution in [2.75, 3.05) is 53.6 Å². The number of nitrogens with one attached hydrogen (secondary N) is 1. The van der Waals surface area contributed by atoms with E-state index < -0.39 is 12.1 Å². The molecule has 0 bridgehead atoms. The molecule has 12 heteroatoms. The first-order chi connectivity index (χ1) is 13.5. The highest BCUT2D eigenvalue weighted by molar-refractivity contribution is 5.82. The van der Waals surface area contributed by atoms with Gasteiger partial charge >= 0.3 is 12.1 Å². The Morgan fingerprint density at radius 3 is 2.28 bits per heavy atom. The lowest BCUT2D eigenvalue weighted by atomic mass is 9.90. The van der Waals surface area contributed by atoms with E-state index in [1.165, 1.54) is 20.0 Å². The molecule has 1 unspecified atom stereocenters. The molecule has 166 valence electrons. The minimum Gasteiger partial charge on any atom is -0.475 e. The highest BCUT2D eigenvalue weighted by Crippen LogP contribution is 2.35. The maximum absolute atomic E-state index is 12.0. The summed E-state index contributed by atoms with van der Waals surface area (Å²) in [5.74, 6) is -2.03. The van der Waals surface area contributed by atoms with Crippen LogP contribution in [0.1, 0.15) is 12.8 Å². The van der Waals surface area contributed by atoms with E-state index in [0.717, 1.165) is 13.1 Å². The summed E-state index contributed by atoms with van der Waals surface area (Å²) in [6, 6.07) is -0.208. The van der Waals surface area contributed by atoms with Crippen molar-refractivity contribution in [1.29, 1.82) is 0 Å². The number of likely N-dealkylation sites (tertiary alicyclic amines) is 1. The van der Waals surface area contributed by atoms with Crippen molar-refractivity contribution in [3.8, 4) is 0 Å². The first-order valence-electron chi connectivity index (χ1n) is 9.18. The van der Waals surface area contributed by atoms with Gasteiger partial charge in [-0.15, -0.1) is 0 Å². The first kappa shape index (κ1) is 23.4. The summed E-state index contributed by atoms with van der Waals surface area (Å²) < 4.78 is 42.6. The molecule has 1 saturated carbocycles. The Morgan fingerprint density at radius 1 is 1.24 bits per heavy atom. The fourth-order valence-electron chi connectivity index (χ4n) is 3.35. The number of halogens is 3. The van der Waals surface area contributed by atoms with Gasteiger partial charge in [-0.05, 0) is 18.8 Å². The zero-order valence-corrected chi connectivity index (χ0v) is 16.3. The number of carbonyl (C=O) groups is 3. The zero-order chi connectivity index (χ0) is 21.8. The fourth-order valence-corrected chi connectivity index (χ4v) is 3.35. The molecule has 3 rings (SSSR count). The number of methoxy groups -OCH3 is 1. The standard InChI is InChI=1S/C15H25N3O4.C2HF3O2/c1-16-14(20)12-6-22-15(8-17(12)5-11-3-4-11)9-18(10-15)13(19)7-21-2;3-2(4,5)1(6)7/h11-12H,3-10H2,1-2H3,(H,16,20);(H,6,7). The first-order valence-corrected chi connectivity index (χ1v) is 9.18. The molecule has 2 amide bonds.